The van der Waals surface area contributed by atoms with Crippen molar-refractivity contribution in [2.45, 2.75) is 31.3 Å². The summed E-state index contributed by atoms with van der Waals surface area (Å²) in [5.41, 5.74) is 5.84. The minimum atomic E-state index is -0.876. The fraction of sp³-hybridized carbons (Fsp3) is 0.250. The third kappa shape index (κ3) is 4.62. The minimum Gasteiger partial charge on any atom is -0.508 e. The Morgan fingerprint density at radius 2 is 1.73 bits per heavy atom. The van der Waals surface area contributed by atoms with Crippen molar-refractivity contribution in [3.05, 3.63) is 107 Å². The van der Waals surface area contributed by atoms with E-state index in [1.807, 2.05) is 18.2 Å². The number of amides is 1. The maximum atomic E-state index is 14.4. The molecule has 0 radical (unpaired) electrons. The molecule has 2 N–H and O–H groups in total. The summed E-state index contributed by atoms with van der Waals surface area (Å²) in [5, 5.41) is 10.7. The van der Waals surface area contributed by atoms with Crippen LogP contribution in [0.3, 0.4) is 0 Å². The van der Waals surface area contributed by atoms with Crippen molar-refractivity contribution in [2.24, 2.45) is 0 Å². The van der Waals surface area contributed by atoms with Crippen LogP contribution >= 0.6 is 0 Å². The molecule has 0 spiro atoms. The fourth-order valence-electron chi connectivity index (χ4n) is 6.10. The van der Waals surface area contributed by atoms with Crippen molar-refractivity contribution < 1.29 is 14.3 Å². The first kappa shape index (κ1) is 25.3. The Labute approximate surface area is 236 Å². The van der Waals surface area contributed by atoms with E-state index >= 15 is 0 Å². The zero-order valence-corrected chi connectivity index (χ0v) is 22.6. The number of aromatic amines is 1. The fourth-order valence-corrected chi connectivity index (χ4v) is 6.10. The van der Waals surface area contributed by atoms with Gasteiger partial charge >= 0.3 is 0 Å². The molecule has 3 aromatic carbocycles. The molecule has 5 aromatic rings. The first-order valence-corrected chi connectivity index (χ1v) is 13.8. The van der Waals surface area contributed by atoms with E-state index in [4.69, 9.17) is 0 Å². The number of piperidine rings is 1. The first-order chi connectivity index (χ1) is 19.9. The SMILES string of the molecule is CN1CCC(c2ccc(-c3ccc4c(c3)C(=O)N(C(c3nc5nccnc5[nH]3)c3cc(F)ccc3O)C4)cc2)CC1. The Hall–Kier alpha value is -4.63. The van der Waals surface area contributed by atoms with Crippen molar-refractivity contribution in [3.8, 4) is 16.9 Å². The Kier molecular flexibility index (Phi) is 6.23. The molecule has 4 heterocycles. The van der Waals surface area contributed by atoms with Crippen LogP contribution in [0.25, 0.3) is 22.4 Å². The number of nitrogens with zero attached hydrogens (tertiary/aromatic N) is 5. The van der Waals surface area contributed by atoms with E-state index in [9.17, 15) is 14.3 Å². The van der Waals surface area contributed by atoms with Gasteiger partial charge in [0, 0.05) is 30.1 Å². The predicted molar refractivity (Wildman–Crippen MR) is 153 cm³/mol. The third-order valence-corrected chi connectivity index (χ3v) is 8.38. The second kappa shape index (κ2) is 10.1. The number of likely N-dealkylation sites (tertiary alicyclic amines) is 1. The zero-order chi connectivity index (χ0) is 28.1. The molecule has 7 rings (SSSR count). The first-order valence-electron chi connectivity index (χ1n) is 13.8. The van der Waals surface area contributed by atoms with Crippen molar-refractivity contribution in [1.29, 1.82) is 0 Å². The van der Waals surface area contributed by atoms with E-state index in [1.54, 1.807) is 4.90 Å². The molecule has 2 aliphatic heterocycles. The number of carbonyl (C=O) groups is 1. The molecular weight excluding hydrogens is 519 g/mol. The highest BCUT2D eigenvalue weighted by molar-refractivity contribution is 6.00. The largest absolute Gasteiger partial charge is 0.508 e. The predicted octanol–water partition coefficient (Wildman–Crippen LogP) is 5.42. The molecule has 0 bridgehead atoms. The van der Waals surface area contributed by atoms with Gasteiger partial charge in [0.15, 0.2) is 11.3 Å². The number of halogens is 1. The number of nitrogens with one attached hydrogen (secondary N) is 1. The van der Waals surface area contributed by atoms with Gasteiger partial charge in [0.1, 0.15) is 23.4 Å². The molecular formula is C32H29FN6O2. The maximum Gasteiger partial charge on any atom is 0.255 e. The zero-order valence-electron chi connectivity index (χ0n) is 22.6. The number of hydrogen-bond acceptors (Lipinski definition) is 6. The van der Waals surface area contributed by atoms with Crippen LogP contribution in [-0.4, -0.2) is 60.9 Å². The van der Waals surface area contributed by atoms with Crippen molar-refractivity contribution in [2.75, 3.05) is 20.1 Å². The van der Waals surface area contributed by atoms with Gasteiger partial charge in [0.05, 0.1) is 0 Å². The monoisotopic (exact) mass is 548 g/mol. The lowest BCUT2D eigenvalue weighted by molar-refractivity contribution is 0.0723. The Morgan fingerprint density at radius 3 is 2.51 bits per heavy atom. The lowest BCUT2D eigenvalue weighted by Gasteiger charge is -2.29. The van der Waals surface area contributed by atoms with Gasteiger partial charge in [0.25, 0.3) is 5.91 Å². The topological polar surface area (TPSA) is 98.2 Å². The van der Waals surface area contributed by atoms with Crippen LogP contribution in [0, 0.1) is 5.82 Å². The number of carbonyl (C=O) groups excluding carboxylic acids is 1. The number of aromatic hydroxyl groups is 1. The lowest BCUT2D eigenvalue weighted by Crippen LogP contribution is -2.31. The standard InChI is InChI=1S/C32H29FN6O2/c1-38-14-10-21(11-15-38)19-2-4-20(5-3-19)22-6-7-23-18-39(32(41)25(23)16-22)28(26-17-24(33)8-9-27(26)40)29-36-30-31(37-29)35-13-12-34-30/h2-9,12-13,16-17,21,28,40H,10-11,14-15,18H2,1H3,(H,34,35,36,37). The van der Waals surface area contributed by atoms with Gasteiger partial charge in [-0.1, -0.05) is 36.4 Å². The Morgan fingerprint density at radius 1 is 0.976 bits per heavy atom. The van der Waals surface area contributed by atoms with Gasteiger partial charge in [-0.25, -0.2) is 19.3 Å². The van der Waals surface area contributed by atoms with Crippen molar-refractivity contribution in [1.82, 2.24) is 29.7 Å². The number of hydrogen-bond donors (Lipinski definition) is 2. The number of rotatable bonds is 5. The van der Waals surface area contributed by atoms with E-state index < -0.39 is 11.9 Å². The Bertz CT molecular complexity index is 1730. The van der Waals surface area contributed by atoms with Crippen LogP contribution in [0.15, 0.2) is 73.1 Å². The van der Waals surface area contributed by atoms with E-state index in [0.29, 0.717) is 28.6 Å². The number of H-pyrrole nitrogens is 1. The number of fused-ring (bicyclic) bond motifs is 2. The quantitative estimate of drug-likeness (QED) is 0.304. The molecule has 0 aliphatic carbocycles. The number of benzene rings is 3. The number of aromatic nitrogens is 4. The normalized spacial score (nSPS) is 16.8. The van der Waals surface area contributed by atoms with Crippen LogP contribution in [0.2, 0.25) is 0 Å². The average Bonchev–Trinajstić information content (AvgIpc) is 3.56. The van der Waals surface area contributed by atoms with Crippen LogP contribution in [0.1, 0.15) is 57.7 Å². The average molecular weight is 549 g/mol. The van der Waals surface area contributed by atoms with Gasteiger partial charge in [-0.3, -0.25) is 4.79 Å². The molecule has 0 saturated carbocycles. The van der Waals surface area contributed by atoms with Crippen molar-refractivity contribution in [3.63, 3.8) is 0 Å². The molecule has 41 heavy (non-hydrogen) atoms. The summed E-state index contributed by atoms with van der Waals surface area (Å²) in [7, 11) is 2.17. The van der Waals surface area contributed by atoms with E-state index in [-0.39, 0.29) is 23.8 Å². The van der Waals surface area contributed by atoms with E-state index in [1.165, 1.54) is 49.0 Å². The highest BCUT2D eigenvalue weighted by Gasteiger charge is 2.38. The summed E-state index contributed by atoms with van der Waals surface area (Å²) in [4.78, 5) is 34.1. The van der Waals surface area contributed by atoms with E-state index in [0.717, 1.165) is 29.8 Å². The highest BCUT2D eigenvalue weighted by atomic mass is 19.1. The second-order valence-corrected chi connectivity index (χ2v) is 11.0. The Balaban J connectivity index is 1.22. The molecule has 1 amide bonds. The molecule has 1 atom stereocenters. The summed E-state index contributed by atoms with van der Waals surface area (Å²) in [6, 6.07) is 17.4. The van der Waals surface area contributed by atoms with Gasteiger partial charge in [-0.2, -0.15) is 0 Å². The lowest BCUT2D eigenvalue weighted by atomic mass is 9.88. The maximum absolute atomic E-state index is 14.4. The summed E-state index contributed by atoms with van der Waals surface area (Å²) in [5.74, 6) is 0.0465. The van der Waals surface area contributed by atoms with Crippen LogP contribution in [0.5, 0.6) is 5.75 Å². The molecule has 1 unspecified atom stereocenters. The number of phenols is 1. The van der Waals surface area contributed by atoms with Gasteiger partial charge < -0.3 is 19.9 Å². The third-order valence-electron chi connectivity index (χ3n) is 8.38. The van der Waals surface area contributed by atoms with Crippen LogP contribution in [0.4, 0.5) is 4.39 Å². The molecule has 1 fully saturated rings. The summed E-state index contributed by atoms with van der Waals surface area (Å²) in [6.07, 6.45) is 5.40. The smallest absolute Gasteiger partial charge is 0.255 e. The summed E-state index contributed by atoms with van der Waals surface area (Å²) < 4.78 is 14.4. The van der Waals surface area contributed by atoms with Gasteiger partial charge in [0.2, 0.25) is 0 Å². The molecule has 9 heteroatoms. The molecule has 1 saturated heterocycles. The summed E-state index contributed by atoms with van der Waals surface area (Å²) >= 11 is 0. The molecule has 8 nitrogen and oxygen atoms in total. The number of imidazole rings is 1. The van der Waals surface area contributed by atoms with Crippen molar-refractivity contribution >= 4 is 17.2 Å². The van der Waals surface area contributed by atoms with Gasteiger partial charge in [-0.05, 0) is 85.4 Å². The molecule has 2 aromatic heterocycles. The molecule has 206 valence electrons. The molecule has 2 aliphatic rings. The highest BCUT2D eigenvalue weighted by Crippen LogP contribution is 2.40. The second-order valence-electron chi connectivity index (χ2n) is 11.0. The van der Waals surface area contributed by atoms with E-state index in [2.05, 4.69) is 56.1 Å². The minimum absolute atomic E-state index is 0.132. The van der Waals surface area contributed by atoms with Gasteiger partial charge in [-0.15, -0.1) is 0 Å². The number of phenolic OH excluding ortho intramolecular Hbond substituents is 1. The van der Waals surface area contributed by atoms with Crippen LogP contribution in [-0.2, 0) is 6.54 Å². The summed E-state index contributed by atoms with van der Waals surface area (Å²) in [6.45, 7) is 2.51. The van der Waals surface area contributed by atoms with Crippen LogP contribution < -0.4 is 0 Å².